The number of amidine groups is 1. The molecule has 6 heteroatoms. The van der Waals surface area contributed by atoms with Crippen molar-refractivity contribution in [1.29, 1.82) is 0 Å². The molecule has 0 aliphatic rings. The van der Waals surface area contributed by atoms with Gasteiger partial charge in [0, 0.05) is 18.7 Å². The van der Waals surface area contributed by atoms with Crippen LogP contribution in [-0.2, 0) is 0 Å². The van der Waals surface area contributed by atoms with Crippen LogP contribution in [0, 0.1) is 6.92 Å². The number of rotatable bonds is 4. The highest BCUT2D eigenvalue weighted by Gasteiger charge is 2.01. The van der Waals surface area contributed by atoms with Crippen LogP contribution in [0.2, 0.25) is 0 Å². The summed E-state index contributed by atoms with van der Waals surface area (Å²) in [6.45, 7) is 2.29. The zero-order valence-electron chi connectivity index (χ0n) is 9.60. The van der Waals surface area contributed by atoms with Crippen LogP contribution in [0.4, 0.5) is 10.5 Å². The van der Waals surface area contributed by atoms with Crippen molar-refractivity contribution in [2.24, 2.45) is 10.9 Å². The third-order valence-electron chi connectivity index (χ3n) is 2.10. The fraction of sp³-hybridized carbons (Fsp3) is 0.273. The molecule has 1 aromatic rings. The summed E-state index contributed by atoms with van der Waals surface area (Å²) < 4.78 is 0. The number of hydrogen-bond donors (Lipinski definition) is 4. The molecule has 0 bridgehead atoms. The maximum absolute atomic E-state index is 11.4. The minimum absolute atomic E-state index is 0.0839. The topological polar surface area (TPSA) is 99.7 Å². The molecular weight excluding hydrogens is 220 g/mol. The second-order valence-corrected chi connectivity index (χ2v) is 3.59. The number of nitrogens with two attached hydrogens (primary N) is 1. The van der Waals surface area contributed by atoms with Crippen molar-refractivity contribution in [2.75, 3.05) is 11.9 Å². The highest BCUT2D eigenvalue weighted by Crippen LogP contribution is 2.07. The summed E-state index contributed by atoms with van der Waals surface area (Å²) in [5, 5.41) is 16.4. The fourth-order valence-electron chi connectivity index (χ4n) is 1.17. The Morgan fingerprint density at radius 2 is 2.06 bits per heavy atom. The van der Waals surface area contributed by atoms with E-state index in [2.05, 4.69) is 15.8 Å². The van der Waals surface area contributed by atoms with E-state index in [9.17, 15) is 4.79 Å². The monoisotopic (exact) mass is 236 g/mol. The van der Waals surface area contributed by atoms with Gasteiger partial charge < -0.3 is 21.6 Å². The van der Waals surface area contributed by atoms with Gasteiger partial charge in [0.15, 0.2) is 0 Å². The molecule has 0 spiro atoms. The second-order valence-electron chi connectivity index (χ2n) is 3.59. The Morgan fingerprint density at radius 1 is 1.41 bits per heavy atom. The SMILES string of the molecule is Cc1ccc(NC(=O)NCCC(N)=NO)cc1. The van der Waals surface area contributed by atoms with Gasteiger partial charge in [-0.1, -0.05) is 22.9 Å². The quantitative estimate of drug-likeness (QED) is 0.274. The van der Waals surface area contributed by atoms with E-state index in [4.69, 9.17) is 10.9 Å². The van der Waals surface area contributed by atoms with E-state index in [0.29, 0.717) is 13.0 Å². The third kappa shape index (κ3) is 4.87. The van der Waals surface area contributed by atoms with Crippen LogP contribution in [0.25, 0.3) is 0 Å². The second kappa shape index (κ2) is 6.37. The van der Waals surface area contributed by atoms with E-state index in [-0.39, 0.29) is 11.9 Å². The van der Waals surface area contributed by atoms with Crippen LogP contribution in [0.1, 0.15) is 12.0 Å². The molecule has 0 aliphatic carbocycles. The fourth-order valence-corrected chi connectivity index (χ4v) is 1.17. The van der Waals surface area contributed by atoms with E-state index in [0.717, 1.165) is 11.3 Å². The lowest BCUT2D eigenvalue weighted by atomic mass is 10.2. The summed E-state index contributed by atoms with van der Waals surface area (Å²) in [6, 6.07) is 7.13. The van der Waals surface area contributed by atoms with Crippen LogP contribution in [-0.4, -0.2) is 23.6 Å². The molecule has 0 fully saturated rings. The third-order valence-corrected chi connectivity index (χ3v) is 2.10. The van der Waals surface area contributed by atoms with Gasteiger partial charge >= 0.3 is 6.03 Å². The number of hydrogen-bond acceptors (Lipinski definition) is 3. The molecule has 0 heterocycles. The molecule has 6 nitrogen and oxygen atoms in total. The Morgan fingerprint density at radius 3 is 2.65 bits per heavy atom. The number of nitrogens with one attached hydrogen (secondary N) is 2. The number of urea groups is 1. The first kappa shape index (κ1) is 12.8. The first-order valence-electron chi connectivity index (χ1n) is 5.19. The molecule has 2 amide bonds. The zero-order chi connectivity index (χ0) is 12.7. The number of anilines is 1. The van der Waals surface area contributed by atoms with E-state index in [1.54, 1.807) is 0 Å². The number of aryl methyl sites for hydroxylation is 1. The summed E-state index contributed by atoms with van der Waals surface area (Å²) in [5.41, 5.74) is 7.10. The summed E-state index contributed by atoms with van der Waals surface area (Å²) in [7, 11) is 0. The highest BCUT2D eigenvalue weighted by molar-refractivity contribution is 5.89. The molecule has 5 N–H and O–H groups in total. The van der Waals surface area contributed by atoms with Gasteiger partial charge in [0.25, 0.3) is 0 Å². The van der Waals surface area contributed by atoms with E-state index in [1.807, 2.05) is 31.2 Å². The normalized spacial score (nSPS) is 11.0. The maximum Gasteiger partial charge on any atom is 0.319 e. The first-order chi connectivity index (χ1) is 8.11. The molecule has 0 saturated heterocycles. The van der Waals surface area contributed by atoms with Crippen LogP contribution >= 0.6 is 0 Å². The van der Waals surface area contributed by atoms with Crippen molar-refractivity contribution in [2.45, 2.75) is 13.3 Å². The number of carbonyl (C=O) groups is 1. The minimum Gasteiger partial charge on any atom is -0.409 e. The number of amides is 2. The van der Waals surface area contributed by atoms with Crippen molar-refractivity contribution in [3.63, 3.8) is 0 Å². The molecule has 1 aromatic carbocycles. The largest absolute Gasteiger partial charge is 0.409 e. The summed E-state index contributed by atoms with van der Waals surface area (Å²) >= 11 is 0. The molecular formula is C11H16N4O2. The standard InChI is InChI=1S/C11H16N4O2/c1-8-2-4-9(5-3-8)14-11(16)13-7-6-10(12)15-17/h2-5,17H,6-7H2,1H3,(H2,12,15)(H2,13,14,16). The number of carbonyl (C=O) groups excluding carboxylic acids is 1. The lowest BCUT2D eigenvalue weighted by Gasteiger charge is -2.07. The Balaban J connectivity index is 2.32. The van der Waals surface area contributed by atoms with Gasteiger partial charge in [-0.15, -0.1) is 0 Å². The van der Waals surface area contributed by atoms with Crippen molar-refractivity contribution >= 4 is 17.6 Å². The number of oxime groups is 1. The van der Waals surface area contributed by atoms with E-state index in [1.165, 1.54) is 0 Å². The van der Waals surface area contributed by atoms with Crippen LogP contribution in [0.5, 0.6) is 0 Å². The lowest BCUT2D eigenvalue weighted by molar-refractivity contribution is 0.252. The Bertz CT molecular complexity index is 400. The highest BCUT2D eigenvalue weighted by atomic mass is 16.4. The predicted octanol–water partition coefficient (Wildman–Crippen LogP) is 1.25. The van der Waals surface area contributed by atoms with Crippen molar-refractivity contribution in [1.82, 2.24) is 5.32 Å². The molecule has 0 radical (unpaired) electrons. The molecule has 0 unspecified atom stereocenters. The van der Waals surface area contributed by atoms with Gasteiger partial charge in [-0.2, -0.15) is 0 Å². The van der Waals surface area contributed by atoms with Crippen molar-refractivity contribution in [3.8, 4) is 0 Å². The lowest BCUT2D eigenvalue weighted by Crippen LogP contribution is -2.31. The van der Waals surface area contributed by atoms with E-state index < -0.39 is 0 Å². The molecule has 0 atom stereocenters. The van der Waals surface area contributed by atoms with Crippen molar-refractivity contribution in [3.05, 3.63) is 29.8 Å². The summed E-state index contributed by atoms with van der Waals surface area (Å²) in [5.74, 6) is 0.0839. The molecule has 17 heavy (non-hydrogen) atoms. The number of nitrogens with zero attached hydrogens (tertiary/aromatic N) is 1. The molecule has 0 aliphatic heterocycles. The van der Waals surface area contributed by atoms with Crippen molar-refractivity contribution < 1.29 is 10.0 Å². The smallest absolute Gasteiger partial charge is 0.319 e. The maximum atomic E-state index is 11.4. The molecule has 92 valence electrons. The van der Waals surface area contributed by atoms with Gasteiger partial charge in [-0.05, 0) is 19.1 Å². The van der Waals surface area contributed by atoms with Crippen LogP contribution in [0.15, 0.2) is 29.4 Å². The Hall–Kier alpha value is -2.24. The minimum atomic E-state index is -0.320. The molecule has 1 rings (SSSR count). The van der Waals surface area contributed by atoms with Crippen LogP contribution < -0.4 is 16.4 Å². The van der Waals surface area contributed by atoms with Gasteiger partial charge in [0.2, 0.25) is 0 Å². The predicted molar refractivity (Wildman–Crippen MR) is 66.2 cm³/mol. The van der Waals surface area contributed by atoms with E-state index >= 15 is 0 Å². The van der Waals surface area contributed by atoms with Gasteiger partial charge in [-0.25, -0.2) is 4.79 Å². The van der Waals surface area contributed by atoms with Gasteiger partial charge in [0.1, 0.15) is 5.84 Å². The van der Waals surface area contributed by atoms with Gasteiger partial charge in [0.05, 0.1) is 0 Å². The average molecular weight is 236 g/mol. The summed E-state index contributed by atoms with van der Waals surface area (Å²) in [6.07, 6.45) is 0.303. The summed E-state index contributed by atoms with van der Waals surface area (Å²) in [4.78, 5) is 11.4. The first-order valence-corrected chi connectivity index (χ1v) is 5.19. The van der Waals surface area contributed by atoms with Gasteiger partial charge in [-0.3, -0.25) is 0 Å². The number of benzene rings is 1. The Kier molecular flexibility index (Phi) is 4.80. The molecule has 0 saturated carbocycles. The van der Waals surface area contributed by atoms with Crippen LogP contribution in [0.3, 0.4) is 0 Å². The molecule has 0 aromatic heterocycles. The Labute approximate surface area is 99.5 Å². The average Bonchev–Trinajstić information content (AvgIpc) is 2.32. The zero-order valence-corrected chi connectivity index (χ0v) is 9.60.